The summed E-state index contributed by atoms with van der Waals surface area (Å²) in [6.07, 6.45) is 2.03. The van der Waals surface area contributed by atoms with Crippen LogP contribution in [0.3, 0.4) is 0 Å². The number of benzene rings is 2. The minimum absolute atomic E-state index is 0.0273. The molecule has 0 aliphatic carbocycles. The van der Waals surface area contributed by atoms with E-state index in [0.717, 1.165) is 38.1 Å². The van der Waals surface area contributed by atoms with Gasteiger partial charge in [-0.05, 0) is 55.7 Å². The molecule has 0 atom stereocenters. The number of anilines is 2. The zero-order valence-electron chi connectivity index (χ0n) is 13.2. The van der Waals surface area contributed by atoms with Crippen LogP contribution in [0.5, 0.6) is 0 Å². The highest BCUT2D eigenvalue weighted by molar-refractivity contribution is 7.92. The third-order valence-electron chi connectivity index (χ3n) is 4.08. The van der Waals surface area contributed by atoms with E-state index in [-0.39, 0.29) is 10.6 Å². The number of nitrogens with one attached hydrogen (secondary N) is 1. The van der Waals surface area contributed by atoms with Crippen LogP contribution in [0.1, 0.15) is 18.4 Å². The summed E-state index contributed by atoms with van der Waals surface area (Å²) in [5.41, 5.74) is 1.14. The van der Waals surface area contributed by atoms with Gasteiger partial charge in [0.1, 0.15) is 11.6 Å². The van der Waals surface area contributed by atoms with Crippen molar-refractivity contribution in [1.82, 2.24) is 0 Å². The Labute approximate surface area is 140 Å². The van der Waals surface area contributed by atoms with Crippen molar-refractivity contribution in [2.45, 2.75) is 24.7 Å². The van der Waals surface area contributed by atoms with Gasteiger partial charge in [0, 0.05) is 19.2 Å². The first kappa shape index (κ1) is 16.7. The largest absolute Gasteiger partial charge is 0.370 e. The molecule has 0 unspecified atom stereocenters. The van der Waals surface area contributed by atoms with Gasteiger partial charge < -0.3 is 4.90 Å². The molecule has 0 bridgehead atoms. The van der Waals surface area contributed by atoms with Crippen molar-refractivity contribution in [2.75, 3.05) is 22.7 Å². The molecular formula is C17H18F2N2O2S. The van der Waals surface area contributed by atoms with Crippen LogP contribution in [0, 0.1) is 18.6 Å². The highest BCUT2D eigenvalue weighted by Crippen LogP contribution is 2.32. The van der Waals surface area contributed by atoms with Gasteiger partial charge in [0.25, 0.3) is 10.0 Å². The van der Waals surface area contributed by atoms with E-state index in [9.17, 15) is 17.2 Å². The summed E-state index contributed by atoms with van der Waals surface area (Å²) in [6, 6.07) is 7.52. The number of sulfonamides is 1. The number of hydrogen-bond acceptors (Lipinski definition) is 3. The normalized spacial score (nSPS) is 14.9. The molecule has 2 aromatic carbocycles. The van der Waals surface area contributed by atoms with Crippen molar-refractivity contribution < 1.29 is 17.2 Å². The lowest BCUT2D eigenvalue weighted by Crippen LogP contribution is -2.21. The van der Waals surface area contributed by atoms with Crippen LogP contribution in [0.2, 0.25) is 0 Å². The molecule has 0 spiro atoms. The predicted octanol–water partition coefficient (Wildman–Crippen LogP) is 3.67. The Morgan fingerprint density at radius 3 is 2.29 bits per heavy atom. The molecule has 1 aliphatic heterocycles. The van der Waals surface area contributed by atoms with Crippen LogP contribution in [0.4, 0.5) is 20.2 Å². The van der Waals surface area contributed by atoms with Crippen molar-refractivity contribution in [2.24, 2.45) is 0 Å². The summed E-state index contributed by atoms with van der Waals surface area (Å²) in [5.74, 6) is -1.03. The van der Waals surface area contributed by atoms with Crippen LogP contribution >= 0.6 is 0 Å². The van der Waals surface area contributed by atoms with Gasteiger partial charge in [0.05, 0.1) is 16.3 Å². The standard InChI is InChI=1S/C17H18F2N2O2S/c1-12-10-13(18)5-7-17(12)24(22,23)20-15-11-14(19)4-6-16(15)21-8-2-3-9-21/h4-7,10-11,20H,2-3,8-9H2,1H3. The summed E-state index contributed by atoms with van der Waals surface area (Å²) in [6.45, 7) is 3.12. The minimum Gasteiger partial charge on any atom is -0.370 e. The number of hydrogen-bond donors (Lipinski definition) is 1. The summed E-state index contributed by atoms with van der Waals surface area (Å²) < 4.78 is 54.6. The molecule has 24 heavy (non-hydrogen) atoms. The zero-order chi connectivity index (χ0) is 17.3. The molecule has 7 heteroatoms. The quantitative estimate of drug-likeness (QED) is 0.913. The Hall–Kier alpha value is -2.15. The molecule has 0 saturated carbocycles. The maximum absolute atomic E-state index is 13.6. The molecule has 1 N–H and O–H groups in total. The summed E-state index contributed by atoms with van der Waals surface area (Å²) >= 11 is 0. The first-order valence-corrected chi connectivity index (χ1v) is 9.18. The third-order valence-corrected chi connectivity index (χ3v) is 5.60. The molecule has 1 aliphatic rings. The molecular weight excluding hydrogens is 334 g/mol. The fourth-order valence-corrected chi connectivity index (χ4v) is 4.23. The molecule has 2 aromatic rings. The maximum Gasteiger partial charge on any atom is 0.262 e. The Kier molecular flexibility index (Phi) is 4.45. The van der Waals surface area contributed by atoms with Crippen molar-refractivity contribution >= 4 is 21.4 Å². The highest BCUT2D eigenvalue weighted by atomic mass is 32.2. The van der Waals surface area contributed by atoms with E-state index in [4.69, 9.17) is 0 Å². The van der Waals surface area contributed by atoms with Gasteiger partial charge in [0.2, 0.25) is 0 Å². The van der Waals surface area contributed by atoms with Gasteiger partial charge in [0.15, 0.2) is 0 Å². The molecule has 4 nitrogen and oxygen atoms in total. The predicted molar refractivity (Wildman–Crippen MR) is 89.8 cm³/mol. The van der Waals surface area contributed by atoms with Crippen molar-refractivity contribution in [1.29, 1.82) is 0 Å². The number of aryl methyl sites for hydroxylation is 1. The van der Waals surface area contributed by atoms with Crippen LogP contribution in [-0.2, 0) is 10.0 Å². The maximum atomic E-state index is 13.6. The molecule has 0 radical (unpaired) electrons. The fourth-order valence-electron chi connectivity index (χ4n) is 2.94. The Morgan fingerprint density at radius 1 is 1.00 bits per heavy atom. The molecule has 128 valence electrons. The Balaban J connectivity index is 1.99. The van der Waals surface area contributed by atoms with Crippen LogP contribution in [0.15, 0.2) is 41.3 Å². The van der Waals surface area contributed by atoms with Gasteiger partial charge in [-0.1, -0.05) is 0 Å². The Morgan fingerprint density at radius 2 is 1.62 bits per heavy atom. The van der Waals surface area contributed by atoms with Gasteiger partial charge in [-0.2, -0.15) is 0 Å². The Bertz CT molecular complexity index is 863. The second kappa shape index (κ2) is 6.39. The zero-order valence-corrected chi connectivity index (χ0v) is 14.0. The third kappa shape index (κ3) is 3.36. The van der Waals surface area contributed by atoms with Crippen LogP contribution in [0.25, 0.3) is 0 Å². The van der Waals surface area contributed by atoms with E-state index >= 15 is 0 Å². The van der Waals surface area contributed by atoms with Crippen molar-refractivity contribution in [3.8, 4) is 0 Å². The lowest BCUT2D eigenvalue weighted by Gasteiger charge is -2.22. The van der Waals surface area contributed by atoms with E-state index in [2.05, 4.69) is 4.72 Å². The molecule has 1 heterocycles. The lowest BCUT2D eigenvalue weighted by atomic mass is 10.2. The van der Waals surface area contributed by atoms with Gasteiger partial charge in [-0.25, -0.2) is 17.2 Å². The average molecular weight is 352 g/mol. The molecule has 0 aromatic heterocycles. The monoisotopic (exact) mass is 352 g/mol. The number of rotatable bonds is 4. The molecule has 3 rings (SSSR count). The second-order valence-corrected chi connectivity index (χ2v) is 7.52. The minimum atomic E-state index is -3.94. The van der Waals surface area contributed by atoms with Crippen molar-refractivity contribution in [3.63, 3.8) is 0 Å². The van der Waals surface area contributed by atoms with Crippen LogP contribution in [-0.4, -0.2) is 21.5 Å². The molecule has 1 fully saturated rings. The lowest BCUT2D eigenvalue weighted by molar-refractivity contribution is 0.598. The van der Waals surface area contributed by atoms with Crippen molar-refractivity contribution in [3.05, 3.63) is 53.6 Å². The molecule has 1 saturated heterocycles. The SMILES string of the molecule is Cc1cc(F)ccc1S(=O)(=O)Nc1cc(F)ccc1N1CCCC1. The summed E-state index contributed by atoms with van der Waals surface area (Å²) in [5, 5.41) is 0. The number of halogens is 2. The first-order chi connectivity index (χ1) is 11.4. The summed E-state index contributed by atoms with van der Waals surface area (Å²) in [7, 11) is -3.94. The second-order valence-electron chi connectivity index (χ2n) is 5.87. The fraction of sp³-hybridized carbons (Fsp3) is 0.294. The van der Waals surface area contributed by atoms with E-state index in [1.807, 2.05) is 4.90 Å². The van der Waals surface area contributed by atoms with Gasteiger partial charge in [-0.15, -0.1) is 0 Å². The highest BCUT2D eigenvalue weighted by Gasteiger charge is 2.22. The van der Waals surface area contributed by atoms with E-state index < -0.39 is 21.7 Å². The van der Waals surface area contributed by atoms with E-state index in [1.54, 1.807) is 6.07 Å². The first-order valence-electron chi connectivity index (χ1n) is 7.70. The topological polar surface area (TPSA) is 49.4 Å². The van der Waals surface area contributed by atoms with Crippen LogP contribution < -0.4 is 9.62 Å². The molecule has 0 amide bonds. The van der Waals surface area contributed by atoms with E-state index in [0.29, 0.717) is 11.3 Å². The smallest absolute Gasteiger partial charge is 0.262 e. The average Bonchev–Trinajstić information content (AvgIpc) is 3.00. The summed E-state index contributed by atoms with van der Waals surface area (Å²) in [4.78, 5) is 2.00. The van der Waals surface area contributed by atoms with E-state index in [1.165, 1.54) is 25.1 Å². The van der Waals surface area contributed by atoms with Gasteiger partial charge >= 0.3 is 0 Å². The van der Waals surface area contributed by atoms with Gasteiger partial charge in [-0.3, -0.25) is 4.72 Å². The number of nitrogens with zero attached hydrogens (tertiary/aromatic N) is 1.